The monoisotopic (exact) mass is 471 g/mol. The molecular weight excluding hydrogens is 450 g/mol. The van der Waals surface area contributed by atoms with Crippen molar-refractivity contribution < 1.29 is 31.9 Å². The summed E-state index contributed by atoms with van der Waals surface area (Å²) in [7, 11) is 1.27. The van der Waals surface area contributed by atoms with Crippen LogP contribution in [0.15, 0.2) is 42.5 Å². The minimum absolute atomic E-state index is 0.0982. The second kappa shape index (κ2) is 9.10. The Morgan fingerprint density at radius 2 is 1.78 bits per heavy atom. The number of anilines is 1. The molecule has 32 heavy (non-hydrogen) atoms. The largest absolute Gasteiger partial charge is 0.469 e. The average molecular weight is 472 g/mol. The van der Waals surface area contributed by atoms with Crippen molar-refractivity contribution in [2.45, 2.75) is 43.7 Å². The summed E-state index contributed by atoms with van der Waals surface area (Å²) in [5.41, 5.74) is -0.0316. The van der Waals surface area contributed by atoms with Crippen LogP contribution in [0.2, 0.25) is 5.02 Å². The van der Waals surface area contributed by atoms with Crippen LogP contribution in [0, 0.1) is 11.7 Å². The summed E-state index contributed by atoms with van der Waals surface area (Å²) in [6.45, 7) is 0.904. The molecule has 3 rings (SSSR count). The highest BCUT2D eigenvalue weighted by atomic mass is 35.5. The first-order valence-corrected chi connectivity index (χ1v) is 10.3. The standard InChI is InChI=1S/C23H22ClF4NO3/c1-13(23(26,27)28)20(14-3-6-16(24)7-4-14)21(31)29-18-11-15(5-8-17(18)25)22(9-10-22)12-19(30)32-2/h3-8,11,13,20H,9-10,12H2,1-2H3,(H,29,31)/t13-,20?/m1/s1. The number of nitrogens with one attached hydrogen (secondary N) is 1. The zero-order valence-electron chi connectivity index (χ0n) is 17.4. The van der Waals surface area contributed by atoms with Gasteiger partial charge in [0.2, 0.25) is 5.91 Å². The average Bonchev–Trinajstić information content (AvgIpc) is 3.50. The summed E-state index contributed by atoms with van der Waals surface area (Å²) >= 11 is 5.82. The Morgan fingerprint density at radius 3 is 2.31 bits per heavy atom. The highest BCUT2D eigenvalue weighted by Crippen LogP contribution is 2.52. The molecular formula is C23H22ClF4NO3. The van der Waals surface area contributed by atoms with Crippen LogP contribution in [-0.4, -0.2) is 25.2 Å². The Hall–Kier alpha value is -2.61. The van der Waals surface area contributed by atoms with Crippen molar-refractivity contribution in [2.75, 3.05) is 12.4 Å². The molecule has 1 aliphatic rings. The van der Waals surface area contributed by atoms with E-state index in [0.717, 1.165) is 13.0 Å². The number of hydrogen-bond donors (Lipinski definition) is 1. The molecule has 2 aromatic carbocycles. The maximum absolute atomic E-state index is 14.5. The van der Waals surface area contributed by atoms with Crippen molar-refractivity contribution in [3.8, 4) is 0 Å². The Morgan fingerprint density at radius 1 is 1.16 bits per heavy atom. The molecule has 0 aliphatic heterocycles. The molecule has 1 N–H and O–H groups in total. The first-order chi connectivity index (χ1) is 15.0. The number of rotatable bonds is 7. The summed E-state index contributed by atoms with van der Waals surface area (Å²) in [6.07, 6.45) is -3.19. The molecule has 1 aliphatic carbocycles. The Kier molecular flexibility index (Phi) is 6.83. The van der Waals surface area contributed by atoms with Crippen molar-refractivity contribution in [1.82, 2.24) is 0 Å². The molecule has 9 heteroatoms. The van der Waals surface area contributed by atoms with Crippen LogP contribution in [0.3, 0.4) is 0 Å². The molecule has 1 saturated carbocycles. The van der Waals surface area contributed by atoms with E-state index in [1.54, 1.807) is 0 Å². The Bertz CT molecular complexity index is 1000. The van der Waals surface area contributed by atoms with Gasteiger partial charge in [-0.2, -0.15) is 13.2 Å². The van der Waals surface area contributed by atoms with Gasteiger partial charge in [-0.05, 0) is 48.2 Å². The van der Waals surface area contributed by atoms with Crippen LogP contribution in [0.1, 0.15) is 43.2 Å². The van der Waals surface area contributed by atoms with E-state index >= 15 is 0 Å². The molecule has 1 unspecified atom stereocenters. The highest BCUT2D eigenvalue weighted by molar-refractivity contribution is 6.30. The zero-order valence-corrected chi connectivity index (χ0v) is 18.2. The van der Waals surface area contributed by atoms with Crippen molar-refractivity contribution in [3.63, 3.8) is 0 Å². The fraction of sp³-hybridized carbons (Fsp3) is 0.391. The van der Waals surface area contributed by atoms with E-state index in [0.29, 0.717) is 23.4 Å². The Balaban J connectivity index is 1.91. The molecule has 0 saturated heterocycles. The van der Waals surface area contributed by atoms with Gasteiger partial charge >= 0.3 is 12.1 Å². The van der Waals surface area contributed by atoms with Gasteiger partial charge in [-0.3, -0.25) is 9.59 Å². The van der Waals surface area contributed by atoms with Crippen LogP contribution < -0.4 is 5.32 Å². The fourth-order valence-electron chi connectivity index (χ4n) is 3.75. The second-order valence-electron chi connectivity index (χ2n) is 8.08. The van der Waals surface area contributed by atoms with Gasteiger partial charge in [0.15, 0.2) is 0 Å². The highest BCUT2D eigenvalue weighted by Gasteiger charge is 2.47. The number of amides is 1. The van der Waals surface area contributed by atoms with E-state index in [9.17, 15) is 27.2 Å². The van der Waals surface area contributed by atoms with Crippen LogP contribution in [0.4, 0.5) is 23.2 Å². The maximum atomic E-state index is 14.5. The summed E-state index contributed by atoms with van der Waals surface area (Å²) in [5, 5.41) is 2.63. The summed E-state index contributed by atoms with van der Waals surface area (Å²) in [4.78, 5) is 24.7. The van der Waals surface area contributed by atoms with Gasteiger partial charge in [-0.25, -0.2) is 4.39 Å². The zero-order chi connectivity index (χ0) is 23.7. The minimum Gasteiger partial charge on any atom is -0.469 e. The molecule has 2 atom stereocenters. The van der Waals surface area contributed by atoms with Crippen LogP contribution in [0.25, 0.3) is 0 Å². The number of carbonyl (C=O) groups is 2. The lowest BCUT2D eigenvalue weighted by atomic mass is 9.85. The number of ether oxygens (including phenoxy) is 1. The Labute approximate surface area is 187 Å². The van der Waals surface area contributed by atoms with E-state index in [2.05, 4.69) is 5.32 Å². The molecule has 1 fully saturated rings. The van der Waals surface area contributed by atoms with Gasteiger partial charge in [0.25, 0.3) is 0 Å². The molecule has 0 radical (unpaired) electrons. The molecule has 0 aromatic heterocycles. The maximum Gasteiger partial charge on any atom is 0.392 e. The van der Waals surface area contributed by atoms with E-state index in [4.69, 9.17) is 16.3 Å². The van der Waals surface area contributed by atoms with Gasteiger partial charge in [0, 0.05) is 10.4 Å². The van der Waals surface area contributed by atoms with Crippen LogP contribution in [0.5, 0.6) is 0 Å². The molecule has 1 amide bonds. The van der Waals surface area contributed by atoms with Crippen molar-refractivity contribution >= 4 is 29.2 Å². The first-order valence-electron chi connectivity index (χ1n) is 9.97. The van der Waals surface area contributed by atoms with E-state index in [1.807, 2.05) is 0 Å². The molecule has 0 spiro atoms. The van der Waals surface area contributed by atoms with Gasteiger partial charge in [0.05, 0.1) is 31.1 Å². The lowest BCUT2D eigenvalue weighted by Gasteiger charge is -2.26. The molecule has 4 nitrogen and oxygen atoms in total. The smallest absolute Gasteiger partial charge is 0.392 e. The van der Waals surface area contributed by atoms with Gasteiger partial charge in [0.1, 0.15) is 5.82 Å². The number of carbonyl (C=O) groups excluding carboxylic acids is 2. The van der Waals surface area contributed by atoms with Crippen molar-refractivity contribution in [2.24, 2.45) is 5.92 Å². The van der Waals surface area contributed by atoms with Gasteiger partial charge in [-0.1, -0.05) is 36.7 Å². The predicted octanol–water partition coefficient (Wildman–Crippen LogP) is 5.99. The molecule has 0 heterocycles. The molecule has 2 aromatic rings. The SMILES string of the molecule is COC(=O)CC1(c2ccc(F)c(NC(=O)C(c3ccc(Cl)cc3)[C@@H](C)C(F)(F)F)c2)CC1. The van der Waals surface area contributed by atoms with E-state index in [-0.39, 0.29) is 17.7 Å². The summed E-state index contributed by atoms with van der Waals surface area (Å²) < 4.78 is 59.7. The number of alkyl halides is 3. The number of esters is 1. The van der Waals surface area contributed by atoms with Gasteiger partial charge < -0.3 is 10.1 Å². The molecule has 172 valence electrons. The van der Waals surface area contributed by atoms with E-state index in [1.165, 1.54) is 43.5 Å². The third-order valence-corrected chi connectivity index (χ3v) is 6.18. The number of benzene rings is 2. The minimum atomic E-state index is -4.65. The lowest BCUT2D eigenvalue weighted by Crippen LogP contribution is -2.34. The quantitative estimate of drug-likeness (QED) is 0.398. The number of hydrogen-bond acceptors (Lipinski definition) is 3. The van der Waals surface area contributed by atoms with E-state index < -0.39 is 41.1 Å². The molecule has 0 bridgehead atoms. The summed E-state index contributed by atoms with van der Waals surface area (Å²) in [6, 6.07) is 9.49. The van der Waals surface area contributed by atoms with Crippen LogP contribution >= 0.6 is 11.6 Å². The fourth-order valence-corrected chi connectivity index (χ4v) is 3.88. The third kappa shape index (κ3) is 5.23. The van der Waals surface area contributed by atoms with Crippen LogP contribution in [-0.2, 0) is 19.7 Å². The lowest BCUT2D eigenvalue weighted by molar-refractivity contribution is -0.178. The first kappa shape index (κ1) is 24.0. The number of methoxy groups -OCH3 is 1. The topological polar surface area (TPSA) is 55.4 Å². The van der Waals surface area contributed by atoms with Crippen molar-refractivity contribution in [1.29, 1.82) is 0 Å². The predicted molar refractivity (Wildman–Crippen MR) is 112 cm³/mol. The third-order valence-electron chi connectivity index (χ3n) is 5.93. The second-order valence-corrected chi connectivity index (χ2v) is 8.51. The van der Waals surface area contributed by atoms with Gasteiger partial charge in [-0.15, -0.1) is 0 Å². The van der Waals surface area contributed by atoms with Crippen molar-refractivity contribution in [3.05, 3.63) is 64.4 Å². The number of halogens is 5. The summed E-state index contributed by atoms with van der Waals surface area (Å²) in [5.74, 6) is -5.83. The normalized spacial score (nSPS) is 16.7.